The SMILES string of the molecule is CCCC(=O)c1ncccc1CCC. The number of carbonyl (C=O) groups excluding carboxylic acids is 1. The minimum absolute atomic E-state index is 0.177. The Morgan fingerprint density at radius 2 is 2.14 bits per heavy atom. The summed E-state index contributed by atoms with van der Waals surface area (Å²) in [7, 11) is 0. The number of rotatable bonds is 5. The van der Waals surface area contributed by atoms with Gasteiger partial charge in [0.15, 0.2) is 5.78 Å². The first-order chi connectivity index (χ1) is 6.79. The Morgan fingerprint density at radius 3 is 2.79 bits per heavy atom. The van der Waals surface area contributed by atoms with Crippen molar-refractivity contribution in [3.8, 4) is 0 Å². The second-order valence-electron chi connectivity index (χ2n) is 3.43. The van der Waals surface area contributed by atoms with Gasteiger partial charge in [-0.25, -0.2) is 0 Å². The molecule has 0 amide bonds. The molecule has 0 fully saturated rings. The second kappa shape index (κ2) is 5.53. The minimum atomic E-state index is 0.177. The smallest absolute Gasteiger partial charge is 0.181 e. The van der Waals surface area contributed by atoms with Crippen LogP contribution in [0.25, 0.3) is 0 Å². The van der Waals surface area contributed by atoms with E-state index in [1.807, 2.05) is 19.1 Å². The summed E-state index contributed by atoms with van der Waals surface area (Å²) in [6.45, 7) is 4.13. The molecular formula is C12H17NO. The van der Waals surface area contributed by atoms with Gasteiger partial charge in [0.05, 0.1) is 0 Å². The van der Waals surface area contributed by atoms with Gasteiger partial charge in [-0.1, -0.05) is 26.3 Å². The highest BCUT2D eigenvalue weighted by molar-refractivity contribution is 5.95. The van der Waals surface area contributed by atoms with Crippen molar-refractivity contribution in [2.24, 2.45) is 0 Å². The normalized spacial score (nSPS) is 10.1. The molecule has 0 unspecified atom stereocenters. The molecule has 0 aromatic carbocycles. The van der Waals surface area contributed by atoms with E-state index < -0.39 is 0 Å². The monoisotopic (exact) mass is 191 g/mol. The van der Waals surface area contributed by atoms with Crippen LogP contribution in [0.2, 0.25) is 0 Å². The van der Waals surface area contributed by atoms with Gasteiger partial charge in [0.25, 0.3) is 0 Å². The maximum absolute atomic E-state index is 11.7. The van der Waals surface area contributed by atoms with Gasteiger partial charge >= 0.3 is 0 Å². The highest BCUT2D eigenvalue weighted by atomic mass is 16.1. The molecule has 0 aliphatic carbocycles. The molecule has 0 atom stereocenters. The highest BCUT2D eigenvalue weighted by Gasteiger charge is 2.10. The number of aryl methyl sites for hydroxylation is 1. The topological polar surface area (TPSA) is 30.0 Å². The molecule has 1 aromatic rings. The van der Waals surface area contributed by atoms with Crippen LogP contribution in [0, 0.1) is 0 Å². The van der Waals surface area contributed by atoms with E-state index in [1.165, 1.54) is 0 Å². The Balaban J connectivity index is 2.88. The van der Waals surface area contributed by atoms with Crippen molar-refractivity contribution in [2.45, 2.75) is 39.5 Å². The van der Waals surface area contributed by atoms with E-state index in [2.05, 4.69) is 11.9 Å². The Morgan fingerprint density at radius 1 is 1.36 bits per heavy atom. The summed E-state index contributed by atoms with van der Waals surface area (Å²) in [6, 6.07) is 3.90. The summed E-state index contributed by atoms with van der Waals surface area (Å²) in [6.07, 6.45) is 5.19. The van der Waals surface area contributed by atoms with Crippen LogP contribution in [0.15, 0.2) is 18.3 Å². The zero-order valence-corrected chi connectivity index (χ0v) is 8.92. The van der Waals surface area contributed by atoms with E-state index >= 15 is 0 Å². The standard InChI is InChI=1S/C12H17NO/c1-3-6-10-8-5-9-13-12(10)11(14)7-4-2/h5,8-9H,3-4,6-7H2,1-2H3. The molecule has 2 nitrogen and oxygen atoms in total. The lowest BCUT2D eigenvalue weighted by molar-refractivity contribution is 0.0976. The number of ketones is 1. The molecule has 0 saturated carbocycles. The summed E-state index contributed by atoms with van der Waals surface area (Å²) in [5, 5.41) is 0. The number of pyridine rings is 1. The molecule has 1 rings (SSSR count). The van der Waals surface area contributed by atoms with Crippen LogP contribution >= 0.6 is 0 Å². The molecule has 2 heteroatoms. The lowest BCUT2D eigenvalue weighted by Gasteiger charge is -2.05. The van der Waals surface area contributed by atoms with Crippen LogP contribution in [-0.2, 0) is 6.42 Å². The average molecular weight is 191 g/mol. The average Bonchev–Trinajstić information content (AvgIpc) is 2.19. The Kier molecular flexibility index (Phi) is 4.30. The number of carbonyl (C=O) groups is 1. The molecule has 0 radical (unpaired) electrons. The van der Waals surface area contributed by atoms with Crippen LogP contribution in [0.3, 0.4) is 0 Å². The van der Waals surface area contributed by atoms with E-state index in [0.29, 0.717) is 12.1 Å². The van der Waals surface area contributed by atoms with E-state index in [0.717, 1.165) is 24.8 Å². The third kappa shape index (κ3) is 2.66. The first kappa shape index (κ1) is 10.9. The molecule has 0 bridgehead atoms. The van der Waals surface area contributed by atoms with Crippen molar-refractivity contribution >= 4 is 5.78 Å². The first-order valence-electron chi connectivity index (χ1n) is 5.26. The van der Waals surface area contributed by atoms with E-state index in [-0.39, 0.29) is 5.78 Å². The van der Waals surface area contributed by atoms with Crippen LogP contribution in [0.4, 0.5) is 0 Å². The van der Waals surface area contributed by atoms with Gasteiger partial charge in [-0.05, 0) is 24.5 Å². The fourth-order valence-corrected chi connectivity index (χ4v) is 1.51. The minimum Gasteiger partial charge on any atom is -0.292 e. The molecule has 1 heterocycles. The third-order valence-electron chi connectivity index (χ3n) is 2.15. The molecule has 0 saturated heterocycles. The van der Waals surface area contributed by atoms with Crippen LogP contribution in [0.5, 0.6) is 0 Å². The fourth-order valence-electron chi connectivity index (χ4n) is 1.51. The lowest BCUT2D eigenvalue weighted by atomic mass is 10.0. The van der Waals surface area contributed by atoms with Gasteiger partial charge in [-0.15, -0.1) is 0 Å². The summed E-state index contributed by atoms with van der Waals surface area (Å²) in [5.41, 5.74) is 1.77. The van der Waals surface area contributed by atoms with Gasteiger partial charge in [0.2, 0.25) is 0 Å². The molecule has 0 N–H and O–H groups in total. The predicted molar refractivity (Wildman–Crippen MR) is 57.5 cm³/mol. The largest absolute Gasteiger partial charge is 0.292 e. The quantitative estimate of drug-likeness (QED) is 0.670. The second-order valence-corrected chi connectivity index (χ2v) is 3.43. The maximum atomic E-state index is 11.7. The molecule has 76 valence electrons. The van der Waals surface area contributed by atoms with Crippen molar-refractivity contribution < 1.29 is 4.79 Å². The summed E-state index contributed by atoms with van der Waals surface area (Å²) < 4.78 is 0. The Labute approximate surface area is 85.4 Å². The number of nitrogens with zero attached hydrogens (tertiary/aromatic N) is 1. The predicted octanol–water partition coefficient (Wildman–Crippen LogP) is 3.02. The third-order valence-corrected chi connectivity index (χ3v) is 2.15. The van der Waals surface area contributed by atoms with Crippen LogP contribution in [-0.4, -0.2) is 10.8 Å². The Bertz CT molecular complexity index is 307. The lowest BCUT2D eigenvalue weighted by Crippen LogP contribution is -2.06. The van der Waals surface area contributed by atoms with Crippen molar-refractivity contribution in [1.82, 2.24) is 4.98 Å². The number of hydrogen-bond donors (Lipinski definition) is 0. The summed E-state index contributed by atoms with van der Waals surface area (Å²) in [4.78, 5) is 15.8. The number of Topliss-reactive ketones (excluding diaryl/α,β-unsaturated/α-hetero) is 1. The molecule has 14 heavy (non-hydrogen) atoms. The molecule has 0 spiro atoms. The van der Waals surface area contributed by atoms with Crippen molar-refractivity contribution in [3.05, 3.63) is 29.6 Å². The number of aromatic nitrogens is 1. The number of hydrogen-bond acceptors (Lipinski definition) is 2. The van der Waals surface area contributed by atoms with Crippen molar-refractivity contribution in [2.75, 3.05) is 0 Å². The Hall–Kier alpha value is -1.18. The van der Waals surface area contributed by atoms with Gasteiger partial charge in [-0.3, -0.25) is 9.78 Å². The van der Waals surface area contributed by atoms with E-state index in [1.54, 1.807) is 6.20 Å². The summed E-state index contributed by atoms with van der Waals surface area (Å²) in [5.74, 6) is 0.177. The molecule has 0 aliphatic heterocycles. The van der Waals surface area contributed by atoms with Gasteiger partial charge in [0, 0.05) is 12.6 Å². The highest BCUT2D eigenvalue weighted by Crippen LogP contribution is 2.11. The van der Waals surface area contributed by atoms with Gasteiger partial charge in [-0.2, -0.15) is 0 Å². The molecule has 1 aromatic heterocycles. The van der Waals surface area contributed by atoms with Gasteiger partial charge < -0.3 is 0 Å². The zero-order chi connectivity index (χ0) is 10.4. The fraction of sp³-hybridized carbons (Fsp3) is 0.500. The first-order valence-corrected chi connectivity index (χ1v) is 5.26. The van der Waals surface area contributed by atoms with E-state index in [9.17, 15) is 4.79 Å². The van der Waals surface area contributed by atoms with Crippen LogP contribution < -0.4 is 0 Å². The molecule has 0 aliphatic rings. The van der Waals surface area contributed by atoms with Gasteiger partial charge in [0.1, 0.15) is 5.69 Å². The van der Waals surface area contributed by atoms with E-state index in [4.69, 9.17) is 0 Å². The zero-order valence-electron chi connectivity index (χ0n) is 8.92. The summed E-state index contributed by atoms with van der Waals surface area (Å²) >= 11 is 0. The van der Waals surface area contributed by atoms with Crippen molar-refractivity contribution in [1.29, 1.82) is 0 Å². The van der Waals surface area contributed by atoms with Crippen LogP contribution in [0.1, 0.15) is 49.2 Å². The molecular weight excluding hydrogens is 174 g/mol. The van der Waals surface area contributed by atoms with Crippen molar-refractivity contribution in [3.63, 3.8) is 0 Å². The maximum Gasteiger partial charge on any atom is 0.181 e.